The molecule has 0 aliphatic heterocycles. The monoisotopic (exact) mass is 413 g/mol. The Kier molecular flexibility index (Phi) is 5.90. The van der Waals surface area contributed by atoms with Gasteiger partial charge in [0.05, 0.1) is 24.1 Å². The zero-order valence-electron chi connectivity index (χ0n) is 15.7. The zero-order chi connectivity index (χ0) is 20.5. The third-order valence-corrected chi connectivity index (χ3v) is 4.80. The lowest BCUT2D eigenvalue weighted by molar-refractivity contribution is -0.149. The summed E-state index contributed by atoms with van der Waals surface area (Å²) in [6, 6.07) is 7.04. The third kappa shape index (κ3) is 3.97. The average Bonchev–Trinajstić information content (AvgIpc) is 2.94. The number of hydrogen-bond acceptors (Lipinski definition) is 4. The minimum Gasteiger partial charge on any atom is -0.276 e. The number of hydrogen-bond donors (Lipinski definition) is 0. The van der Waals surface area contributed by atoms with Crippen molar-refractivity contribution in [1.82, 2.24) is 23.6 Å². The molecule has 0 bridgehead atoms. The van der Waals surface area contributed by atoms with Crippen molar-refractivity contribution in [2.45, 2.75) is 46.1 Å². The van der Waals surface area contributed by atoms with Gasteiger partial charge >= 0.3 is 6.18 Å². The van der Waals surface area contributed by atoms with Crippen molar-refractivity contribution in [2.75, 3.05) is 13.1 Å². The van der Waals surface area contributed by atoms with E-state index in [0.29, 0.717) is 36.1 Å². The standard InChI is InChI=1S/C18H22F3N5OS/c1-3-9-23(11-18(19,20)21)12-25-17(28)26-14-8-6-5-7-13(14)15(27)24(10-4-2)16(26)22-25/h5-8H,3-4,9-12H2,1-2H3. The second-order valence-corrected chi connectivity index (χ2v) is 7.07. The van der Waals surface area contributed by atoms with E-state index in [1.54, 1.807) is 28.7 Å². The predicted molar refractivity (Wildman–Crippen MR) is 104 cm³/mol. The van der Waals surface area contributed by atoms with Crippen LogP contribution in [0.5, 0.6) is 0 Å². The fourth-order valence-corrected chi connectivity index (χ4v) is 3.62. The van der Waals surface area contributed by atoms with Crippen molar-refractivity contribution in [1.29, 1.82) is 0 Å². The molecule has 0 N–H and O–H groups in total. The number of nitrogens with zero attached hydrogens (tertiary/aromatic N) is 5. The van der Waals surface area contributed by atoms with Crippen molar-refractivity contribution in [3.8, 4) is 0 Å². The molecule has 0 spiro atoms. The lowest BCUT2D eigenvalue weighted by Gasteiger charge is -2.22. The van der Waals surface area contributed by atoms with Crippen LogP contribution in [0.25, 0.3) is 16.7 Å². The van der Waals surface area contributed by atoms with E-state index in [0.717, 1.165) is 0 Å². The van der Waals surface area contributed by atoms with Gasteiger partial charge in [0.25, 0.3) is 5.56 Å². The van der Waals surface area contributed by atoms with Gasteiger partial charge in [0, 0.05) is 6.54 Å². The summed E-state index contributed by atoms with van der Waals surface area (Å²) in [7, 11) is 0. The molecular weight excluding hydrogens is 391 g/mol. The molecule has 10 heteroatoms. The van der Waals surface area contributed by atoms with Crippen LogP contribution in [0, 0.1) is 4.77 Å². The van der Waals surface area contributed by atoms with Gasteiger partial charge < -0.3 is 0 Å². The number of alkyl halides is 3. The molecule has 0 saturated heterocycles. The number of benzene rings is 1. The number of aromatic nitrogens is 4. The van der Waals surface area contributed by atoms with Gasteiger partial charge in [-0.05, 0) is 43.7 Å². The van der Waals surface area contributed by atoms with Crippen LogP contribution in [0.1, 0.15) is 26.7 Å². The van der Waals surface area contributed by atoms with Crippen LogP contribution < -0.4 is 5.56 Å². The number of halogens is 3. The second kappa shape index (κ2) is 8.04. The Hall–Kier alpha value is -2.20. The fourth-order valence-electron chi connectivity index (χ4n) is 3.34. The maximum Gasteiger partial charge on any atom is 0.401 e. The van der Waals surface area contributed by atoms with Crippen LogP contribution in [-0.4, -0.2) is 42.9 Å². The van der Waals surface area contributed by atoms with E-state index in [1.807, 2.05) is 13.8 Å². The minimum absolute atomic E-state index is 0.0947. The Labute approximate surface area is 164 Å². The van der Waals surface area contributed by atoms with E-state index < -0.39 is 12.7 Å². The molecule has 6 nitrogen and oxygen atoms in total. The fraction of sp³-hybridized carbons (Fsp3) is 0.500. The van der Waals surface area contributed by atoms with Crippen LogP contribution in [-0.2, 0) is 13.2 Å². The molecule has 2 aromatic heterocycles. The summed E-state index contributed by atoms with van der Waals surface area (Å²) in [5.74, 6) is 0.346. The Morgan fingerprint density at radius 3 is 2.54 bits per heavy atom. The summed E-state index contributed by atoms with van der Waals surface area (Å²) in [5.41, 5.74) is 0.418. The Balaban J connectivity index is 2.19. The first-order valence-corrected chi connectivity index (χ1v) is 9.57. The van der Waals surface area contributed by atoms with Crippen molar-refractivity contribution in [3.63, 3.8) is 0 Å². The van der Waals surface area contributed by atoms with Gasteiger partial charge in [-0.25, -0.2) is 4.68 Å². The first-order valence-electron chi connectivity index (χ1n) is 9.17. The highest BCUT2D eigenvalue weighted by atomic mass is 32.1. The first-order chi connectivity index (χ1) is 13.3. The highest BCUT2D eigenvalue weighted by Gasteiger charge is 2.31. The van der Waals surface area contributed by atoms with E-state index in [9.17, 15) is 18.0 Å². The first kappa shape index (κ1) is 20.5. The van der Waals surface area contributed by atoms with Gasteiger partial charge in [0.2, 0.25) is 10.5 Å². The molecule has 1 aromatic carbocycles. The van der Waals surface area contributed by atoms with Crippen molar-refractivity contribution >= 4 is 28.9 Å². The molecule has 0 fully saturated rings. The molecule has 28 heavy (non-hydrogen) atoms. The number of rotatable bonds is 7. The highest BCUT2D eigenvalue weighted by molar-refractivity contribution is 7.71. The lowest BCUT2D eigenvalue weighted by Crippen LogP contribution is -2.36. The molecular formula is C18H22F3N5OS. The molecule has 2 heterocycles. The molecule has 0 aliphatic rings. The summed E-state index contributed by atoms with van der Waals surface area (Å²) in [5, 5.41) is 4.92. The number of para-hydroxylation sites is 1. The summed E-state index contributed by atoms with van der Waals surface area (Å²) in [4.78, 5) is 14.1. The molecule has 0 unspecified atom stereocenters. The van der Waals surface area contributed by atoms with Crippen LogP contribution in [0.4, 0.5) is 13.2 Å². The second-order valence-electron chi connectivity index (χ2n) is 6.70. The van der Waals surface area contributed by atoms with E-state index in [-0.39, 0.29) is 23.5 Å². The van der Waals surface area contributed by atoms with Gasteiger partial charge in [-0.1, -0.05) is 26.0 Å². The van der Waals surface area contributed by atoms with E-state index in [4.69, 9.17) is 12.2 Å². The molecule has 0 radical (unpaired) electrons. The Morgan fingerprint density at radius 1 is 1.18 bits per heavy atom. The molecule has 152 valence electrons. The Bertz CT molecular complexity index is 1100. The van der Waals surface area contributed by atoms with E-state index in [2.05, 4.69) is 5.10 Å². The van der Waals surface area contributed by atoms with Crippen LogP contribution in [0.2, 0.25) is 0 Å². The molecule has 0 atom stereocenters. The summed E-state index contributed by atoms with van der Waals surface area (Å²) >= 11 is 5.53. The van der Waals surface area contributed by atoms with Gasteiger partial charge in [0.1, 0.15) is 0 Å². The largest absolute Gasteiger partial charge is 0.401 e. The molecule has 3 rings (SSSR count). The van der Waals surface area contributed by atoms with Gasteiger partial charge in [0.15, 0.2) is 0 Å². The van der Waals surface area contributed by atoms with Gasteiger partial charge in [-0.2, -0.15) is 13.2 Å². The van der Waals surface area contributed by atoms with Crippen molar-refractivity contribution in [3.05, 3.63) is 39.4 Å². The molecule has 0 saturated carbocycles. The predicted octanol–water partition coefficient (Wildman–Crippen LogP) is 3.82. The summed E-state index contributed by atoms with van der Waals surface area (Å²) < 4.78 is 43.6. The third-order valence-electron chi connectivity index (χ3n) is 4.41. The molecule has 0 amide bonds. The van der Waals surface area contributed by atoms with Crippen molar-refractivity contribution < 1.29 is 13.2 Å². The normalized spacial score (nSPS) is 12.5. The highest BCUT2D eigenvalue weighted by Crippen LogP contribution is 2.18. The average molecular weight is 413 g/mol. The van der Waals surface area contributed by atoms with E-state index in [1.165, 1.54) is 14.1 Å². The van der Waals surface area contributed by atoms with E-state index >= 15 is 0 Å². The summed E-state index contributed by atoms with van der Waals surface area (Å²) in [6.45, 7) is 3.33. The van der Waals surface area contributed by atoms with Gasteiger partial charge in [-0.3, -0.25) is 18.7 Å². The molecule has 3 aromatic rings. The smallest absolute Gasteiger partial charge is 0.276 e. The van der Waals surface area contributed by atoms with Crippen LogP contribution in [0.15, 0.2) is 29.1 Å². The Morgan fingerprint density at radius 2 is 1.89 bits per heavy atom. The number of fused-ring (bicyclic) bond motifs is 3. The van der Waals surface area contributed by atoms with Crippen LogP contribution >= 0.6 is 12.2 Å². The number of aryl methyl sites for hydroxylation is 1. The quantitative estimate of drug-likeness (QED) is 0.553. The maximum atomic E-state index is 12.9. The SMILES string of the molecule is CCCN(Cn1nc2n(CCC)c(=O)c3ccccc3n2c1=S)CC(F)(F)F. The van der Waals surface area contributed by atoms with Crippen molar-refractivity contribution in [2.24, 2.45) is 0 Å². The van der Waals surface area contributed by atoms with Gasteiger partial charge in [-0.15, -0.1) is 5.10 Å². The zero-order valence-corrected chi connectivity index (χ0v) is 16.6. The molecule has 0 aliphatic carbocycles. The van der Waals surface area contributed by atoms with Crippen LogP contribution in [0.3, 0.4) is 0 Å². The summed E-state index contributed by atoms with van der Waals surface area (Å²) in [6.07, 6.45) is -3.03. The topological polar surface area (TPSA) is 47.5 Å². The maximum absolute atomic E-state index is 12.9. The lowest BCUT2D eigenvalue weighted by atomic mass is 10.2. The minimum atomic E-state index is -4.31.